The highest BCUT2D eigenvalue weighted by Crippen LogP contribution is 2.41. The number of nitrogens with zero attached hydrogens (tertiary/aromatic N) is 3. The third-order valence-electron chi connectivity index (χ3n) is 9.96. The van der Waals surface area contributed by atoms with E-state index in [1.54, 1.807) is 0 Å². The van der Waals surface area contributed by atoms with Crippen LogP contribution in [0.2, 0.25) is 0 Å². The van der Waals surface area contributed by atoms with Crippen molar-refractivity contribution in [3.05, 3.63) is 188 Å². The van der Waals surface area contributed by atoms with Crippen molar-refractivity contribution in [2.45, 2.75) is 0 Å². The number of hydrogen-bond acceptors (Lipinski definition) is 4. The van der Waals surface area contributed by atoms with Crippen LogP contribution in [0.15, 0.2) is 192 Å². The highest BCUT2D eigenvalue weighted by Gasteiger charge is 2.16. The van der Waals surface area contributed by atoms with E-state index in [-0.39, 0.29) is 0 Å². The number of rotatable bonds is 6. The highest BCUT2D eigenvalue weighted by molar-refractivity contribution is 6.19. The molecule has 10 aromatic rings. The minimum absolute atomic E-state index is 0.644. The average molecular weight is 678 g/mol. The number of benzene rings is 8. The standard InChI is InChI=1S/C49H31N3O/c1-4-12-35(13-5-1)42-31-44-43-30-39(28-29-45(43)53-46(44)41-19-11-10-18-40(41)42)34-22-20-32(21-23-34)33-24-26-38(27-25-33)49-51-47(36-14-6-2-7-15-36)50-48(52-49)37-16-8-3-9-17-37/h1-31H. The van der Waals surface area contributed by atoms with Crippen LogP contribution >= 0.6 is 0 Å². The number of fused-ring (bicyclic) bond motifs is 5. The van der Waals surface area contributed by atoms with Gasteiger partial charge in [0.1, 0.15) is 11.2 Å². The van der Waals surface area contributed by atoms with Crippen LogP contribution in [0, 0.1) is 0 Å². The van der Waals surface area contributed by atoms with Crippen LogP contribution < -0.4 is 0 Å². The zero-order chi connectivity index (χ0) is 35.1. The lowest BCUT2D eigenvalue weighted by Crippen LogP contribution is -2.00. The van der Waals surface area contributed by atoms with Gasteiger partial charge in [-0.3, -0.25) is 0 Å². The van der Waals surface area contributed by atoms with Crippen LogP contribution in [0.4, 0.5) is 0 Å². The van der Waals surface area contributed by atoms with Gasteiger partial charge in [-0.1, -0.05) is 170 Å². The van der Waals surface area contributed by atoms with E-state index in [2.05, 4.69) is 127 Å². The second kappa shape index (κ2) is 12.9. The molecule has 0 spiro atoms. The van der Waals surface area contributed by atoms with Crippen molar-refractivity contribution in [1.29, 1.82) is 0 Å². The summed E-state index contributed by atoms with van der Waals surface area (Å²) in [6.45, 7) is 0. The normalized spacial score (nSPS) is 11.4. The van der Waals surface area contributed by atoms with E-state index in [0.29, 0.717) is 17.5 Å². The summed E-state index contributed by atoms with van der Waals surface area (Å²) < 4.78 is 6.51. The molecule has 0 saturated carbocycles. The molecule has 0 N–H and O–H groups in total. The Balaban J connectivity index is 0.978. The van der Waals surface area contributed by atoms with Gasteiger partial charge in [0.2, 0.25) is 0 Å². The quantitative estimate of drug-likeness (QED) is 0.176. The predicted octanol–water partition coefficient (Wildman–Crippen LogP) is 12.9. The largest absolute Gasteiger partial charge is 0.455 e. The van der Waals surface area contributed by atoms with Crippen LogP contribution in [0.25, 0.3) is 100 Å². The Morgan fingerprint density at radius 1 is 0.283 bits per heavy atom. The van der Waals surface area contributed by atoms with Crippen molar-refractivity contribution in [1.82, 2.24) is 15.0 Å². The van der Waals surface area contributed by atoms with Gasteiger partial charge in [-0.05, 0) is 57.0 Å². The second-order valence-corrected chi connectivity index (χ2v) is 13.2. The van der Waals surface area contributed by atoms with Crippen LogP contribution in [-0.4, -0.2) is 15.0 Å². The maximum absolute atomic E-state index is 6.51. The van der Waals surface area contributed by atoms with Crippen molar-refractivity contribution in [2.75, 3.05) is 0 Å². The third kappa shape index (κ3) is 5.63. The minimum Gasteiger partial charge on any atom is -0.455 e. The molecule has 53 heavy (non-hydrogen) atoms. The molecule has 8 aromatic carbocycles. The zero-order valence-electron chi connectivity index (χ0n) is 28.6. The molecule has 4 nitrogen and oxygen atoms in total. The zero-order valence-corrected chi connectivity index (χ0v) is 28.6. The number of furan rings is 1. The fourth-order valence-electron chi connectivity index (χ4n) is 7.24. The lowest BCUT2D eigenvalue weighted by Gasteiger charge is -2.09. The molecule has 0 aliphatic heterocycles. The van der Waals surface area contributed by atoms with E-state index in [9.17, 15) is 0 Å². The topological polar surface area (TPSA) is 51.8 Å². The van der Waals surface area contributed by atoms with Gasteiger partial charge >= 0.3 is 0 Å². The SMILES string of the molecule is c1ccc(-c2nc(-c3ccccc3)nc(-c3ccc(-c4ccc(-c5ccc6oc7c8ccccc8c(-c8ccccc8)cc7c6c5)cc4)cc3)n2)cc1. The van der Waals surface area contributed by atoms with Crippen LogP contribution in [-0.2, 0) is 0 Å². The average Bonchev–Trinajstić information content (AvgIpc) is 3.62. The van der Waals surface area contributed by atoms with Gasteiger partial charge in [0.15, 0.2) is 17.5 Å². The van der Waals surface area contributed by atoms with Gasteiger partial charge in [-0.2, -0.15) is 0 Å². The Kier molecular flexibility index (Phi) is 7.43. The van der Waals surface area contributed by atoms with Gasteiger partial charge < -0.3 is 4.42 Å². The van der Waals surface area contributed by atoms with Crippen LogP contribution in [0.3, 0.4) is 0 Å². The van der Waals surface area contributed by atoms with E-state index >= 15 is 0 Å². The molecule has 0 saturated heterocycles. The summed E-state index contributed by atoms with van der Waals surface area (Å²) in [6, 6.07) is 65.2. The summed E-state index contributed by atoms with van der Waals surface area (Å²) in [4.78, 5) is 14.6. The summed E-state index contributed by atoms with van der Waals surface area (Å²) >= 11 is 0. The molecule has 0 aliphatic rings. The molecule has 4 heteroatoms. The van der Waals surface area contributed by atoms with Gasteiger partial charge in [0.05, 0.1) is 0 Å². The second-order valence-electron chi connectivity index (χ2n) is 13.2. The van der Waals surface area contributed by atoms with Crippen molar-refractivity contribution in [3.63, 3.8) is 0 Å². The van der Waals surface area contributed by atoms with E-state index < -0.39 is 0 Å². The monoisotopic (exact) mass is 677 g/mol. The summed E-state index contributed by atoms with van der Waals surface area (Å²) in [7, 11) is 0. The molecule has 0 fully saturated rings. The Morgan fingerprint density at radius 2 is 0.698 bits per heavy atom. The molecule has 10 rings (SSSR count). The van der Waals surface area contributed by atoms with Gasteiger partial charge in [0, 0.05) is 32.8 Å². The Bertz CT molecular complexity index is 2840. The summed E-state index contributed by atoms with van der Waals surface area (Å²) in [5.74, 6) is 1.95. The molecule has 0 radical (unpaired) electrons. The molecule has 2 heterocycles. The predicted molar refractivity (Wildman–Crippen MR) is 217 cm³/mol. The molecule has 248 valence electrons. The highest BCUT2D eigenvalue weighted by atomic mass is 16.3. The minimum atomic E-state index is 0.644. The number of hydrogen-bond donors (Lipinski definition) is 0. The van der Waals surface area contributed by atoms with Crippen molar-refractivity contribution < 1.29 is 4.42 Å². The molecular formula is C49H31N3O. The van der Waals surface area contributed by atoms with E-state index in [1.165, 1.54) is 16.5 Å². The summed E-state index contributed by atoms with van der Waals surface area (Å²) in [5.41, 5.74) is 11.6. The molecule has 0 atom stereocenters. The summed E-state index contributed by atoms with van der Waals surface area (Å²) in [5, 5.41) is 4.56. The molecule has 2 aromatic heterocycles. The molecule has 0 unspecified atom stereocenters. The van der Waals surface area contributed by atoms with E-state index in [0.717, 1.165) is 66.3 Å². The summed E-state index contributed by atoms with van der Waals surface area (Å²) in [6.07, 6.45) is 0. The molecule has 0 amide bonds. The van der Waals surface area contributed by atoms with Crippen molar-refractivity contribution in [3.8, 4) is 67.5 Å². The lowest BCUT2D eigenvalue weighted by atomic mass is 9.94. The van der Waals surface area contributed by atoms with Gasteiger partial charge in [-0.25, -0.2) is 15.0 Å². The van der Waals surface area contributed by atoms with E-state index in [1.807, 2.05) is 60.7 Å². The Morgan fingerprint density at radius 3 is 1.25 bits per heavy atom. The first kappa shape index (κ1) is 30.6. The smallest absolute Gasteiger partial charge is 0.164 e. The van der Waals surface area contributed by atoms with Crippen LogP contribution in [0.1, 0.15) is 0 Å². The Hall–Kier alpha value is -7.17. The maximum Gasteiger partial charge on any atom is 0.164 e. The van der Waals surface area contributed by atoms with Crippen LogP contribution in [0.5, 0.6) is 0 Å². The molecular weight excluding hydrogens is 647 g/mol. The fraction of sp³-hybridized carbons (Fsp3) is 0. The Labute approximate surface area is 306 Å². The maximum atomic E-state index is 6.51. The first-order valence-corrected chi connectivity index (χ1v) is 17.8. The van der Waals surface area contributed by atoms with Gasteiger partial charge in [0.25, 0.3) is 0 Å². The lowest BCUT2D eigenvalue weighted by molar-refractivity contribution is 0.673. The van der Waals surface area contributed by atoms with Crippen molar-refractivity contribution >= 4 is 32.7 Å². The van der Waals surface area contributed by atoms with Gasteiger partial charge in [-0.15, -0.1) is 0 Å². The fourth-order valence-corrected chi connectivity index (χ4v) is 7.24. The van der Waals surface area contributed by atoms with Crippen molar-refractivity contribution in [2.24, 2.45) is 0 Å². The molecule has 0 aliphatic carbocycles. The first-order valence-electron chi connectivity index (χ1n) is 17.8. The molecule has 0 bridgehead atoms. The number of aromatic nitrogens is 3. The van der Waals surface area contributed by atoms with E-state index in [4.69, 9.17) is 19.4 Å². The first-order chi connectivity index (χ1) is 26.2. The third-order valence-corrected chi connectivity index (χ3v) is 9.96.